The van der Waals surface area contributed by atoms with Gasteiger partial charge in [-0.25, -0.2) is 4.79 Å². The third-order valence-corrected chi connectivity index (χ3v) is 7.04. The molecule has 13 heteroatoms. The fourth-order valence-electron chi connectivity index (χ4n) is 4.97. The number of amides is 4. The van der Waals surface area contributed by atoms with Crippen LogP contribution in [-0.4, -0.2) is 101 Å². The van der Waals surface area contributed by atoms with E-state index < -0.39 is 41.2 Å². The van der Waals surface area contributed by atoms with E-state index in [4.69, 9.17) is 9.47 Å². The van der Waals surface area contributed by atoms with Crippen molar-refractivity contribution in [3.05, 3.63) is 47.2 Å². The van der Waals surface area contributed by atoms with Gasteiger partial charge in [0.1, 0.15) is 24.0 Å². The highest BCUT2D eigenvalue weighted by Gasteiger charge is 2.44. The van der Waals surface area contributed by atoms with Gasteiger partial charge in [-0.15, -0.1) is 10.2 Å². The molecule has 4 heterocycles. The molecule has 41 heavy (non-hydrogen) atoms. The highest BCUT2D eigenvalue weighted by Crippen LogP contribution is 2.30. The summed E-state index contributed by atoms with van der Waals surface area (Å²) in [5.41, 5.74) is -0.0382. The number of piperidine rings is 1. The van der Waals surface area contributed by atoms with Crippen LogP contribution in [0.3, 0.4) is 0 Å². The van der Waals surface area contributed by atoms with E-state index in [0.717, 1.165) is 31.1 Å². The van der Waals surface area contributed by atoms with E-state index in [1.807, 2.05) is 0 Å². The van der Waals surface area contributed by atoms with Crippen LogP contribution in [0, 0.1) is 0 Å². The number of piperazine rings is 1. The zero-order valence-electron chi connectivity index (χ0n) is 23.2. The molecule has 0 aliphatic carbocycles. The molecule has 3 aliphatic rings. The molecule has 0 bridgehead atoms. The molecule has 1 unspecified atom stereocenters. The smallest absolute Gasteiger partial charge is 0.359 e. The van der Waals surface area contributed by atoms with Crippen molar-refractivity contribution in [3.8, 4) is 5.75 Å². The van der Waals surface area contributed by atoms with Crippen molar-refractivity contribution in [1.29, 1.82) is 0 Å². The number of ether oxygens (including phenoxy) is 2. The number of nitrogens with one attached hydrogen (secondary N) is 1. The van der Waals surface area contributed by atoms with E-state index >= 15 is 0 Å². The van der Waals surface area contributed by atoms with Gasteiger partial charge >= 0.3 is 5.97 Å². The Balaban J connectivity index is 1.10. The van der Waals surface area contributed by atoms with Crippen LogP contribution >= 0.6 is 0 Å². The Bertz CT molecular complexity index is 1380. The molecule has 0 radical (unpaired) electrons. The van der Waals surface area contributed by atoms with E-state index in [9.17, 15) is 24.0 Å². The molecule has 4 amide bonds. The predicted molar refractivity (Wildman–Crippen MR) is 144 cm³/mol. The Hall–Kier alpha value is -4.39. The number of hydrogen-bond acceptors (Lipinski definition) is 11. The van der Waals surface area contributed by atoms with Crippen LogP contribution in [-0.2, 0) is 14.3 Å². The van der Waals surface area contributed by atoms with E-state index in [1.165, 1.54) is 12.1 Å². The molecule has 216 valence electrons. The first-order valence-electron chi connectivity index (χ1n) is 13.5. The van der Waals surface area contributed by atoms with Crippen LogP contribution in [0.15, 0.2) is 30.3 Å². The number of imide groups is 2. The first kappa shape index (κ1) is 28.1. The third-order valence-electron chi connectivity index (χ3n) is 7.04. The fourth-order valence-corrected chi connectivity index (χ4v) is 4.97. The highest BCUT2D eigenvalue weighted by atomic mass is 16.6. The average molecular weight is 565 g/mol. The normalized spacial score (nSPS) is 19.7. The fraction of sp³-hybridized carbons (Fsp3) is 0.464. The quantitative estimate of drug-likeness (QED) is 0.379. The topological polar surface area (TPSA) is 151 Å². The first-order valence-corrected chi connectivity index (χ1v) is 13.5. The molecule has 13 nitrogen and oxygen atoms in total. The molecule has 1 aromatic heterocycles. The number of carbonyl (C=O) groups is 5. The van der Waals surface area contributed by atoms with Gasteiger partial charge in [0.2, 0.25) is 11.8 Å². The molecule has 5 rings (SSSR count). The number of rotatable bonds is 7. The predicted octanol–water partition coefficient (Wildman–Crippen LogP) is 1.03. The van der Waals surface area contributed by atoms with Gasteiger partial charge in [0, 0.05) is 39.1 Å². The summed E-state index contributed by atoms with van der Waals surface area (Å²) in [6, 6.07) is 7.08. The maximum absolute atomic E-state index is 13.0. The lowest BCUT2D eigenvalue weighted by Gasteiger charge is -2.35. The Morgan fingerprint density at radius 2 is 1.71 bits per heavy atom. The van der Waals surface area contributed by atoms with E-state index in [1.54, 1.807) is 39.0 Å². The van der Waals surface area contributed by atoms with E-state index in [-0.39, 0.29) is 29.7 Å². The van der Waals surface area contributed by atoms with Crippen LogP contribution in [0.1, 0.15) is 64.8 Å². The van der Waals surface area contributed by atoms with Gasteiger partial charge in [-0.2, -0.15) is 0 Å². The number of fused-ring (bicyclic) bond motifs is 1. The minimum atomic E-state index is -1.00. The van der Waals surface area contributed by atoms with Gasteiger partial charge in [0.05, 0.1) is 11.1 Å². The molecule has 2 saturated heterocycles. The summed E-state index contributed by atoms with van der Waals surface area (Å²) < 4.78 is 11.2. The van der Waals surface area contributed by atoms with Crippen LogP contribution in [0.5, 0.6) is 5.75 Å². The highest BCUT2D eigenvalue weighted by molar-refractivity contribution is 6.23. The molecular formula is C28H32N6O7. The Morgan fingerprint density at radius 3 is 2.37 bits per heavy atom. The van der Waals surface area contributed by atoms with Crippen molar-refractivity contribution in [3.63, 3.8) is 0 Å². The Kier molecular flexibility index (Phi) is 7.72. The number of anilines is 1. The van der Waals surface area contributed by atoms with Gasteiger partial charge < -0.3 is 14.4 Å². The molecule has 1 atom stereocenters. The molecular weight excluding hydrogens is 532 g/mol. The molecule has 0 spiro atoms. The Labute approximate surface area is 236 Å². The second kappa shape index (κ2) is 11.2. The van der Waals surface area contributed by atoms with Gasteiger partial charge in [0.15, 0.2) is 11.5 Å². The van der Waals surface area contributed by atoms with Gasteiger partial charge in [0.25, 0.3) is 11.8 Å². The average Bonchev–Trinajstić information content (AvgIpc) is 3.17. The summed E-state index contributed by atoms with van der Waals surface area (Å²) in [6.45, 7) is 9.43. The lowest BCUT2D eigenvalue weighted by Crippen LogP contribution is -2.54. The zero-order valence-corrected chi connectivity index (χ0v) is 23.2. The maximum Gasteiger partial charge on any atom is 0.359 e. The molecule has 1 N–H and O–H groups in total. The lowest BCUT2D eigenvalue weighted by atomic mass is 10.0. The van der Waals surface area contributed by atoms with Crippen molar-refractivity contribution in [1.82, 2.24) is 25.3 Å². The van der Waals surface area contributed by atoms with Gasteiger partial charge in [-0.3, -0.25) is 34.3 Å². The Morgan fingerprint density at radius 1 is 0.976 bits per heavy atom. The van der Waals surface area contributed by atoms with Gasteiger partial charge in [-0.1, -0.05) is 0 Å². The standard InChI is InChI=1S/C28H32N6O7/c1-28(2,3)41-27(39)20-6-8-22(31-30-20)33-12-10-32(11-13-33)14-15-40-17-4-5-18-19(16-17)26(38)34(25(18)37)21-7-9-23(35)29-24(21)36/h4-6,8,16,21H,7,9-15H2,1-3H3,(H,29,35,36). The molecule has 3 aliphatic heterocycles. The number of esters is 1. The van der Waals surface area contributed by atoms with Crippen molar-refractivity contribution in [2.45, 2.75) is 45.3 Å². The minimum absolute atomic E-state index is 0.0697. The van der Waals surface area contributed by atoms with Crippen molar-refractivity contribution in [2.24, 2.45) is 0 Å². The number of carbonyl (C=O) groups excluding carboxylic acids is 5. The second-order valence-electron chi connectivity index (χ2n) is 11.1. The number of aromatic nitrogens is 2. The largest absolute Gasteiger partial charge is 0.492 e. The van der Waals surface area contributed by atoms with Crippen LogP contribution in [0.25, 0.3) is 0 Å². The second-order valence-corrected chi connectivity index (χ2v) is 11.1. The lowest BCUT2D eigenvalue weighted by molar-refractivity contribution is -0.136. The molecule has 2 aromatic rings. The summed E-state index contributed by atoms with van der Waals surface area (Å²) in [5, 5.41) is 10.4. The number of nitrogens with zero attached hydrogens (tertiary/aromatic N) is 5. The van der Waals surface area contributed by atoms with Crippen LogP contribution in [0.4, 0.5) is 5.82 Å². The van der Waals surface area contributed by atoms with Crippen molar-refractivity contribution < 1.29 is 33.4 Å². The van der Waals surface area contributed by atoms with E-state index in [2.05, 4.69) is 25.3 Å². The van der Waals surface area contributed by atoms with Crippen LogP contribution in [0.2, 0.25) is 0 Å². The van der Waals surface area contributed by atoms with Crippen molar-refractivity contribution in [2.75, 3.05) is 44.2 Å². The summed E-state index contributed by atoms with van der Waals surface area (Å²) in [6.07, 6.45) is 0.178. The van der Waals surface area contributed by atoms with Crippen LogP contribution < -0.4 is 15.0 Å². The number of hydrogen-bond donors (Lipinski definition) is 1. The summed E-state index contributed by atoms with van der Waals surface area (Å²) in [4.78, 5) is 67.0. The SMILES string of the molecule is CC(C)(C)OC(=O)c1ccc(N2CCN(CCOc3ccc4c(c3)C(=O)N(C3CCC(=O)NC3=O)C4=O)CC2)nn1. The third kappa shape index (κ3) is 6.19. The monoisotopic (exact) mass is 564 g/mol. The molecule has 2 fully saturated rings. The van der Waals surface area contributed by atoms with E-state index in [0.29, 0.717) is 24.7 Å². The minimum Gasteiger partial charge on any atom is -0.492 e. The summed E-state index contributed by atoms with van der Waals surface area (Å²) in [5.74, 6) is -1.53. The summed E-state index contributed by atoms with van der Waals surface area (Å²) in [7, 11) is 0. The maximum atomic E-state index is 13.0. The molecule has 0 saturated carbocycles. The summed E-state index contributed by atoms with van der Waals surface area (Å²) >= 11 is 0. The number of benzene rings is 1. The zero-order chi connectivity index (χ0) is 29.3. The van der Waals surface area contributed by atoms with Gasteiger partial charge in [-0.05, 0) is 57.5 Å². The first-order chi connectivity index (χ1) is 19.5. The van der Waals surface area contributed by atoms with Crippen molar-refractivity contribution >= 4 is 35.4 Å². The molecule has 1 aromatic carbocycles.